The highest BCUT2D eigenvalue weighted by Crippen LogP contribution is 2.19. The third kappa shape index (κ3) is 5.99. The fourth-order valence-corrected chi connectivity index (χ4v) is 2.75. The fourth-order valence-electron chi connectivity index (χ4n) is 2.75. The van der Waals surface area contributed by atoms with Crippen molar-refractivity contribution in [2.75, 3.05) is 33.2 Å². The number of benzene rings is 1. The van der Waals surface area contributed by atoms with E-state index in [0.717, 1.165) is 0 Å². The highest BCUT2D eigenvalue weighted by molar-refractivity contribution is 5.80. The monoisotopic (exact) mass is 346 g/mol. The van der Waals surface area contributed by atoms with Gasteiger partial charge in [-0.25, -0.2) is 4.39 Å². The molecule has 0 radical (unpaired) electrons. The molecule has 1 aromatic rings. The van der Waals surface area contributed by atoms with Crippen LogP contribution in [-0.4, -0.2) is 56.3 Å². The van der Waals surface area contributed by atoms with Crippen molar-refractivity contribution >= 4 is 5.96 Å². The van der Waals surface area contributed by atoms with Gasteiger partial charge in [-0.05, 0) is 24.5 Å². The lowest BCUT2D eigenvalue weighted by Crippen LogP contribution is -2.45. The number of hydrogen-bond acceptors (Lipinski definition) is 2. The van der Waals surface area contributed by atoms with Gasteiger partial charge >= 0.3 is 6.18 Å². The smallest absolute Gasteiger partial charge is 0.356 e. The van der Waals surface area contributed by atoms with Gasteiger partial charge in [-0.3, -0.25) is 9.89 Å². The van der Waals surface area contributed by atoms with E-state index in [1.54, 1.807) is 25.2 Å². The van der Waals surface area contributed by atoms with E-state index in [0.29, 0.717) is 44.0 Å². The molecule has 0 saturated carbocycles. The van der Waals surface area contributed by atoms with Crippen molar-refractivity contribution < 1.29 is 17.6 Å². The zero-order valence-electron chi connectivity index (χ0n) is 13.5. The molecule has 1 aliphatic rings. The van der Waals surface area contributed by atoms with Gasteiger partial charge in [0.1, 0.15) is 5.82 Å². The van der Waals surface area contributed by atoms with E-state index in [1.165, 1.54) is 11.0 Å². The molecular formula is C16H22F4N4. The Morgan fingerprint density at radius 2 is 2.08 bits per heavy atom. The molecule has 4 nitrogen and oxygen atoms in total. The van der Waals surface area contributed by atoms with E-state index in [-0.39, 0.29) is 11.9 Å². The van der Waals surface area contributed by atoms with Crippen LogP contribution in [0.25, 0.3) is 0 Å². The summed E-state index contributed by atoms with van der Waals surface area (Å²) in [6, 6.07) is 6.47. The van der Waals surface area contributed by atoms with Gasteiger partial charge in [0.2, 0.25) is 0 Å². The molecule has 0 aromatic heterocycles. The van der Waals surface area contributed by atoms with E-state index < -0.39 is 12.7 Å². The number of rotatable bonds is 5. The number of nitrogens with zero attached hydrogens (tertiary/aromatic N) is 2. The summed E-state index contributed by atoms with van der Waals surface area (Å²) in [5.74, 6) is 0.269. The topological polar surface area (TPSA) is 39.7 Å². The first kappa shape index (κ1) is 18.5. The standard InChI is InChI=1S/C16H22F4N4/c1-21-15(22-8-6-12-4-2-3-5-14(12)17)23-13-7-9-24(10-13)11-16(18,19)20/h2-5,13H,6-11H2,1H3,(H2,21,22,23). The number of guanidine groups is 1. The molecule has 1 unspecified atom stereocenters. The quantitative estimate of drug-likeness (QED) is 0.488. The Bertz CT molecular complexity index is 559. The third-order valence-corrected chi connectivity index (χ3v) is 3.88. The van der Waals surface area contributed by atoms with Gasteiger partial charge in [-0.2, -0.15) is 13.2 Å². The van der Waals surface area contributed by atoms with Gasteiger partial charge in [0.05, 0.1) is 6.54 Å². The van der Waals surface area contributed by atoms with E-state index in [4.69, 9.17) is 0 Å². The lowest BCUT2D eigenvalue weighted by Gasteiger charge is -2.19. The lowest BCUT2D eigenvalue weighted by molar-refractivity contribution is -0.143. The first-order chi connectivity index (χ1) is 11.4. The van der Waals surface area contributed by atoms with E-state index in [9.17, 15) is 17.6 Å². The summed E-state index contributed by atoms with van der Waals surface area (Å²) >= 11 is 0. The zero-order valence-corrected chi connectivity index (χ0v) is 13.5. The summed E-state index contributed by atoms with van der Waals surface area (Å²) in [5.41, 5.74) is 0.609. The van der Waals surface area contributed by atoms with Crippen LogP contribution in [0.2, 0.25) is 0 Å². The van der Waals surface area contributed by atoms with Gasteiger partial charge in [0, 0.05) is 32.7 Å². The second-order valence-electron chi connectivity index (χ2n) is 5.82. The number of hydrogen-bond donors (Lipinski definition) is 2. The summed E-state index contributed by atoms with van der Waals surface area (Å²) in [6.45, 7) is 0.334. The maximum Gasteiger partial charge on any atom is 0.401 e. The van der Waals surface area contributed by atoms with Crippen molar-refractivity contribution in [2.24, 2.45) is 4.99 Å². The largest absolute Gasteiger partial charge is 0.401 e. The summed E-state index contributed by atoms with van der Waals surface area (Å²) in [4.78, 5) is 5.44. The van der Waals surface area contributed by atoms with Crippen molar-refractivity contribution in [1.29, 1.82) is 0 Å². The van der Waals surface area contributed by atoms with Crippen molar-refractivity contribution in [2.45, 2.75) is 25.1 Å². The molecule has 2 rings (SSSR count). The molecule has 0 bridgehead atoms. The van der Waals surface area contributed by atoms with Gasteiger partial charge in [0.15, 0.2) is 5.96 Å². The predicted molar refractivity (Wildman–Crippen MR) is 85.5 cm³/mol. The Kier molecular flexibility index (Phi) is 6.42. The summed E-state index contributed by atoms with van der Waals surface area (Å²) in [7, 11) is 1.60. The van der Waals surface area contributed by atoms with Crippen LogP contribution in [0.1, 0.15) is 12.0 Å². The predicted octanol–water partition coefficient (Wildman–Crippen LogP) is 2.17. The van der Waals surface area contributed by atoms with Gasteiger partial charge in [-0.1, -0.05) is 18.2 Å². The number of alkyl halides is 3. The minimum atomic E-state index is -4.17. The maximum atomic E-state index is 13.5. The number of aliphatic imine (C=N–C) groups is 1. The second kappa shape index (κ2) is 8.32. The van der Waals surface area contributed by atoms with Crippen LogP contribution in [-0.2, 0) is 6.42 Å². The van der Waals surface area contributed by atoms with E-state index in [1.807, 2.05) is 0 Å². The zero-order chi connectivity index (χ0) is 17.6. The highest BCUT2D eigenvalue weighted by atomic mass is 19.4. The number of nitrogens with one attached hydrogen (secondary N) is 2. The average molecular weight is 346 g/mol. The number of halogens is 4. The lowest BCUT2D eigenvalue weighted by atomic mass is 10.1. The van der Waals surface area contributed by atoms with Crippen LogP contribution in [0.15, 0.2) is 29.3 Å². The van der Waals surface area contributed by atoms with Crippen LogP contribution >= 0.6 is 0 Å². The van der Waals surface area contributed by atoms with Gasteiger partial charge < -0.3 is 10.6 Å². The third-order valence-electron chi connectivity index (χ3n) is 3.88. The summed E-state index contributed by atoms with van der Waals surface area (Å²) < 4.78 is 50.7. The molecule has 8 heteroatoms. The Morgan fingerprint density at radius 3 is 2.75 bits per heavy atom. The molecule has 1 aromatic carbocycles. The molecule has 1 saturated heterocycles. The van der Waals surface area contributed by atoms with Crippen molar-refractivity contribution in [3.8, 4) is 0 Å². The molecule has 1 aliphatic heterocycles. The summed E-state index contributed by atoms with van der Waals surface area (Å²) in [6.07, 6.45) is -3.04. The van der Waals surface area contributed by atoms with Crippen LogP contribution in [0.3, 0.4) is 0 Å². The van der Waals surface area contributed by atoms with Gasteiger partial charge in [0.25, 0.3) is 0 Å². The van der Waals surface area contributed by atoms with Crippen LogP contribution in [0.4, 0.5) is 17.6 Å². The molecule has 0 aliphatic carbocycles. The minimum absolute atomic E-state index is 0.0768. The second-order valence-corrected chi connectivity index (χ2v) is 5.82. The minimum Gasteiger partial charge on any atom is -0.356 e. The Balaban J connectivity index is 1.74. The van der Waals surface area contributed by atoms with Crippen LogP contribution in [0.5, 0.6) is 0 Å². The maximum absolute atomic E-state index is 13.5. The molecule has 134 valence electrons. The average Bonchev–Trinajstić information content (AvgIpc) is 2.93. The van der Waals surface area contributed by atoms with Crippen LogP contribution < -0.4 is 10.6 Å². The van der Waals surface area contributed by atoms with E-state index >= 15 is 0 Å². The first-order valence-corrected chi connectivity index (χ1v) is 7.87. The van der Waals surface area contributed by atoms with Crippen molar-refractivity contribution in [3.05, 3.63) is 35.6 Å². The SMILES string of the molecule is CN=C(NCCc1ccccc1F)NC1CCN(CC(F)(F)F)C1. The molecule has 2 N–H and O–H groups in total. The van der Waals surface area contributed by atoms with Crippen LogP contribution in [0, 0.1) is 5.82 Å². The first-order valence-electron chi connectivity index (χ1n) is 7.87. The molecule has 0 spiro atoms. The van der Waals surface area contributed by atoms with Gasteiger partial charge in [-0.15, -0.1) is 0 Å². The molecule has 0 amide bonds. The summed E-state index contributed by atoms with van der Waals surface area (Å²) in [5, 5.41) is 6.18. The molecule has 1 heterocycles. The Hall–Kier alpha value is -1.83. The fraction of sp³-hybridized carbons (Fsp3) is 0.562. The Morgan fingerprint density at radius 1 is 1.33 bits per heavy atom. The van der Waals surface area contributed by atoms with Crippen molar-refractivity contribution in [1.82, 2.24) is 15.5 Å². The molecule has 24 heavy (non-hydrogen) atoms. The normalized spacial score (nSPS) is 19.5. The number of likely N-dealkylation sites (tertiary alicyclic amines) is 1. The molecule has 1 atom stereocenters. The molecular weight excluding hydrogens is 324 g/mol. The van der Waals surface area contributed by atoms with E-state index in [2.05, 4.69) is 15.6 Å². The molecule has 1 fully saturated rings. The van der Waals surface area contributed by atoms with Crippen molar-refractivity contribution in [3.63, 3.8) is 0 Å². The highest BCUT2D eigenvalue weighted by Gasteiger charge is 2.34. The Labute approximate surface area is 138 Å².